The number of hydrogen-bond acceptors (Lipinski definition) is 3. The molecule has 1 N–H and O–H groups in total. The topological polar surface area (TPSA) is 30.9 Å². The summed E-state index contributed by atoms with van der Waals surface area (Å²) in [6.07, 6.45) is 3.92. The first-order valence-electron chi connectivity index (χ1n) is 8.56. The summed E-state index contributed by atoms with van der Waals surface area (Å²) in [5.74, 6) is 3.11. The van der Waals surface area contributed by atoms with E-state index in [2.05, 4.69) is 47.8 Å². The summed E-state index contributed by atoms with van der Waals surface area (Å²) in [5, 5.41) is 4.27. The molecule has 0 radical (unpaired) electrons. The molecule has 0 aromatic heterocycles. The Morgan fingerprint density at radius 2 is 2.09 bits per heavy atom. The molecule has 0 spiro atoms. The van der Waals surface area contributed by atoms with Gasteiger partial charge < -0.3 is 15.1 Å². The van der Waals surface area contributed by atoms with Crippen LogP contribution in [0.3, 0.4) is 0 Å². The fourth-order valence-electron chi connectivity index (χ4n) is 3.22. The van der Waals surface area contributed by atoms with Crippen molar-refractivity contribution >= 4 is 41.7 Å². The van der Waals surface area contributed by atoms with Crippen LogP contribution in [0.2, 0.25) is 0 Å². The molecule has 2 fully saturated rings. The highest BCUT2D eigenvalue weighted by atomic mass is 127. The number of nitrogens with one attached hydrogen (secondary N) is 1. The van der Waals surface area contributed by atoms with Gasteiger partial charge >= 0.3 is 0 Å². The first-order valence-corrected chi connectivity index (χ1v) is 9.61. The molecule has 0 bridgehead atoms. The molecular formula is C16H33IN4S. The van der Waals surface area contributed by atoms with Crippen molar-refractivity contribution in [1.82, 2.24) is 15.1 Å². The molecule has 2 rings (SSSR count). The average molecular weight is 440 g/mol. The molecule has 2 unspecified atom stereocenters. The van der Waals surface area contributed by atoms with Crippen molar-refractivity contribution in [3.05, 3.63) is 0 Å². The van der Waals surface area contributed by atoms with Gasteiger partial charge in [0, 0.05) is 43.7 Å². The molecule has 0 aromatic rings. The minimum absolute atomic E-state index is 0. The lowest BCUT2D eigenvalue weighted by molar-refractivity contribution is 0.214. The summed E-state index contributed by atoms with van der Waals surface area (Å²) in [5.41, 5.74) is 0. The van der Waals surface area contributed by atoms with E-state index >= 15 is 0 Å². The summed E-state index contributed by atoms with van der Waals surface area (Å²) >= 11 is 2.12. The van der Waals surface area contributed by atoms with Crippen molar-refractivity contribution in [3.63, 3.8) is 0 Å². The molecule has 2 saturated heterocycles. The smallest absolute Gasteiger partial charge is 0.193 e. The molecule has 4 nitrogen and oxygen atoms in total. The fourth-order valence-corrected chi connectivity index (χ4v) is 4.40. The first-order chi connectivity index (χ1) is 10.2. The van der Waals surface area contributed by atoms with Crippen LogP contribution in [-0.4, -0.2) is 73.1 Å². The predicted molar refractivity (Wildman–Crippen MR) is 110 cm³/mol. The molecule has 2 aliphatic heterocycles. The van der Waals surface area contributed by atoms with Crippen molar-refractivity contribution in [2.24, 2.45) is 10.9 Å². The highest BCUT2D eigenvalue weighted by Crippen LogP contribution is 2.21. The van der Waals surface area contributed by atoms with Gasteiger partial charge in [-0.15, -0.1) is 24.0 Å². The second kappa shape index (κ2) is 11.0. The molecule has 2 aliphatic rings. The molecule has 2 atom stereocenters. The van der Waals surface area contributed by atoms with Crippen molar-refractivity contribution < 1.29 is 0 Å². The zero-order valence-electron chi connectivity index (χ0n) is 14.4. The fraction of sp³-hybridized carbons (Fsp3) is 0.938. The normalized spacial score (nSPS) is 27.4. The maximum Gasteiger partial charge on any atom is 0.193 e. The van der Waals surface area contributed by atoms with Crippen LogP contribution in [0.4, 0.5) is 0 Å². The van der Waals surface area contributed by atoms with Crippen LogP contribution in [0.5, 0.6) is 0 Å². The Balaban J connectivity index is 0.00000242. The van der Waals surface area contributed by atoms with Crippen LogP contribution in [0.15, 0.2) is 4.99 Å². The maximum atomic E-state index is 4.96. The van der Waals surface area contributed by atoms with E-state index in [-0.39, 0.29) is 24.0 Å². The minimum Gasteiger partial charge on any atom is -0.357 e. The Hall–Kier alpha value is 0.310. The number of halogens is 1. The summed E-state index contributed by atoms with van der Waals surface area (Å²) in [7, 11) is 2.23. The number of nitrogens with zero attached hydrogens (tertiary/aromatic N) is 3. The monoisotopic (exact) mass is 440 g/mol. The van der Waals surface area contributed by atoms with Gasteiger partial charge in [0.15, 0.2) is 5.96 Å². The molecule has 130 valence electrons. The average Bonchev–Trinajstić information content (AvgIpc) is 2.51. The lowest BCUT2D eigenvalue weighted by Gasteiger charge is -2.35. The molecule has 0 aromatic carbocycles. The Morgan fingerprint density at radius 3 is 2.77 bits per heavy atom. The van der Waals surface area contributed by atoms with E-state index in [0.717, 1.165) is 43.3 Å². The van der Waals surface area contributed by atoms with E-state index in [1.807, 2.05) is 0 Å². The van der Waals surface area contributed by atoms with Crippen molar-refractivity contribution in [2.45, 2.75) is 38.4 Å². The minimum atomic E-state index is 0. The number of thioether (sulfide) groups is 1. The Morgan fingerprint density at radius 1 is 1.27 bits per heavy atom. The molecule has 0 amide bonds. The van der Waals surface area contributed by atoms with Gasteiger partial charge in [-0.05, 0) is 45.7 Å². The van der Waals surface area contributed by atoms with Crippen LogP contribution in [0.1, 0.15) is 33.1 Å². The lowest BCUT2D eigenvalue weighted by Crippen LogP contribution is -2.48. The van der Waals surface area contributed by atoms with Crippen LogP contribution in [0.25, 0.3) is 0 Å². The van der Waals surface area contributed by atoms with Gasteiger partial charge in [-0.25, -0.2) is 0 Å². The number of likely N-dealkylation sites (tertiary alicyclic amines) is 1. The van der Waals surface area contributed by atoms with Gasteiger partial charge in [0.1, 0.15) is 0 Å². The van der Waals surface area contributed by atoms with Gasteiger partial charge in [-0.2, -0.15) is 11.8 Å². The van der Waals surface area contributed by atoms with Crippen molar-refractivity contribution in [2.75, 3.05) is 52.1 Å². The second-order valence-corrected chi connectivity index (χ2v) is 7.72. The van der Waals surface area contributed by atoms with Crippen LogP contribution < -0.4 is 5.32 Å². The zero-order valence-corrected chi connectivity index (χ0v) is 17.5. The van der Waals surface area contributed by atoms with E-state index in [1.165, 1.54) is 38.1 Å². The molecular weight excluding hydrogens is 407 g/mol. The van der Waals surface area contributed by atoms with Crippen LogP contribution in [0, 0.1) is 5.92 Å². The standard InChI is InChI=1S/C16H32N4S.HI/c1-4-15-13-20(9-10-21-15)16(17-5-2)18-11-14-7-6-8-19(3)12-14;/h14-15H,4-13H2,1-3H3,(H,17,18);1H. The van der Waals surface area contributed by atoms with Crippen molar-refractivity contribution in [3.8, 4) is 0 Å². The number of guanidine groups is 1. The third kappa shape index (κ3) is 6.43. The van der Waals surface area contributed by atoms with E-state index in [1.54, 1.807) is 0 Å². The Labute approximate surface area is 157 Å². The summed E-state index contributed by atoms with van der Waals surface area (Å²) in [6, 6.07) is 0. The molecule has 0 aliphatic carbocycles. The van der Waals surface area contributed by atoms with Crippen LogP contribution in [-0.2, 0) is 0 Å². The van der Waals surface area contributed by atoms with Crippen molar-refractivity contribution in [1.29, 1.82) is 0 Å². The number of piperidine rings is 1. The van der Waals surface area contributed by atoms with Gasteiger partial charge in [0.25, 0.3) is 0 Å². The molecule has 2 heterocycles. The Kier molecular flexibility index (Phi) is 10.1. The van der Waals surface area contributed by atoms with E-state index in [9.17, 15) is 0 Å². The molecule has 0 saturated carbocycles. The third-order valence-corrected chi connectivity index (χ3v) is 5.82. The van der Waals surface area contributed by atoms with Gasteiger partial charge in [-0.1, -0.05) is 6.92 Å². The summed E-state index contributed by atoms with van der Waals surface area (Å²) < 4.78 is 0. The third-order valence-electron chi connectivity index (χ3n) is 4.45. The highest BCUT2D eigenvalue weighted by Gasteiger charge is 2.22. The maximum absolute atomic E-state index is 4.96. The highest BCUT2D eigenvalue weighted by molar-refractivity contribution is 14.0. The van der Waals surface area contributed by atoms with Gasteiger partial charge in [-0.3, -0.25) is 4.99 Å². The summed E-state index contributed by atoms with van der Waals surface area (Å²) in [4.78, 5) is 9.88. The van der Waals surface area contributed by atoms with Gasteiger partial charge in [0.05, 0.1) is 0 Å². The van der Waals surface area contributed by atoms with Gasteiger partial charge in [0.2, 0.25) is 0 Å². The first kappa shape index (κ1) is 20.4. The van der Waals surface area contributed by atoms with E-state index < -0.39 is 0 Å². The number of aliphatic imine (C=N–C) groups is 1. The Bertz CT molecular complexity index is 340. The van der Waals surface area contributed by atoms with E-state index in [4.69, 9.17) is 4.99 Å². The van der Waals surface area contributed by atoms with E-state index in [0.29, 0.717) is 0 Å². The SMILES string of the molecule is CCNC(=NCC1CCCN(C)C1)N1CCSC(CC)C1.I. The zero-order chi connectivity index (χ0) is 15.1. The lowest BCUT2D eigenvalue weighted by atomic mass is 9.99. The molecule has 6 heteroatoms. The quantitative estimate of drug-likeness (QED) is 0.414. The van der Waals surface area contributed by atoms with Crippen LogP contribution >= 0.6 is 35.7 Å². The second-order valence-electron chi connectivity index (χ2n) is 6.31. The largest absolute Gasteiger partial charge is 0.357 e. The number of hydrogen-bond donors (Lipinski definition) is 1. The predicted octanol–water partition coefficient (Wildman–Crippen LogP) is 2.74. The summed E-state index contributed by atoms with van der Waals surface area (Å²) in [6.45, 7) is 11.1. The molecule has 22 heavy (non-hydrogen) atoms. The number of rotatable bonds is 4.